The predicted molar refractivity (Wildman–Crippen MR) is 108 cm³/mol. The van der Waals surface area contributed by atoms with Crippen molar-refractivity contribution in [2.24, 2.45) is 17.8 Å². The third-order valence-corrected chi connectivity index (χ3v) is 5.42. The van der Waals surface area contributed by atoms with Gasteiger partial charge in [-0.2, -0.15) is 0 Å². The lowest BCUT2D eigenvalue weighted by atomic mass is 9.84. The van der Waals surface area contributed by atoms with Gasteiger partial charge in [0.2, 0.25) is 11.8 Å². The number of hydrogen-bond donors (Lipinski definition) is 3. The Labute approximate surface area is 162 Å². The largest absolute Gasteiger partial charge is 0.326 e. The summed E-state index contributed by atoms with van der Waals surface area (Å²) in [6.07, 6.45) is 4.81. The Morgan fingerprint density at radius 1 is 1.15 bits per heavy atom. The first kappa shape index (κ1) is 20.7. The smallest absolute Gasteiger partial charge is 0.227 e. The van der Waals surface area contributed by atoms with Gasteiger partial charge in [-0.25, -0.2) is 0 Å². The van der Waals surface area contributed by atoms with Gasteiger partial charge >= 0.3 is 0 Å². The van der Waals surface area contributed by atoms with E-state index < -0.39 is 0 Å². The van der Waals surface area contributed by atoms with Gasteiger partial charge in [-0.05, 0) is 75.2 Å². The first-order valence-electron chi connectivity index (χ1n) is 9.45. The number of rotatable bonds is 6. The van der Waals surface area contributed by atoms with Crippen molar-refractivity contribution < 1.29 is 9.59 Å². The number of nitrogens with one attached hydrogen (secondary N) is 3. The van der Waals surface area contributed by atoms with Gasteiger partial charge in [0.15, 0.2) is 0 Å². The molecule has 2 amide bonds. The van der Waals surface area contributed by atoms with Crippen LogP contribution < -0.4 is 16.0 Å². The Balaban J connectivity index is 0.00000243. The van der Waals surface area contributed by atoms with E-state index in [-0.39, 0.29) is 30.1 Å². The van der Waals surface area contributed by atoms with Crippen LogP contribution in [0.4, 0.5) is 11.4 Å². The number of amides is 2. The zero-order valence-electron chi connectivity index (χ0n) is 15.6. The average molecular weight is 380 g/mol. The fourth-order valence-corrected chi connectivity index (χ4v) is 3.50. The van der Waals surface area contributed by atoms with Crippen LogP contribution in [-0.2, 0) is 9.59 Å². The van der Waals surface area contributed by atoms with E-state index in [0.717, 1.165) is 55.7 Å². The van der Waals surface area contributed by atoms with Crippen molar-refractivity contribution in [2.45, 2.75) is 46.0 Å². The second kappa shape index (κ2) is 9.38. The first-order valence-corrected chi connectivity index (χ1v) is 9.45. The van der Waals surface area contributed by atoms with Crippen molar-refractivity contribution >= 4 is 35.6 Å². The molecule has 1 aromatic rings. The molecule has 1 saturated carbocycles. The van der Waals surface area contributed by atoms with E-state index in [2.05, 4.69) is 22.9 Å². The molecule has 0 bridgehead atoms. The normalized spacial score (nSPS) is 18.5. The second-order valence-corrected chi connectivity index (χ2v) is 7.61. The summed E-state index contributed by atoms with van der Waals surface area (Å²) in [5.74, 6) is 1.32. The van der Waals surface area contributed by atoms with Crippen molar-refractivity contribution in [3.63, 3.8) is 0 Å². The first-order chi connectivity index (χ1) is 12.0. The summed E-state index contributed by atoms with van der Waals surface area (Å²) in [5.41, 5.74) is 2.55. The van der Waals surface area contributed by atoms with Gasteiger partial charge in [-0.1, -0.05) is 13.0 Å². The second-order valence-electron chi connectivity index (χ2n) is 7.61. The third-order valence-electron chi connectivity index (χ3n) is 5.42. The summed E-state index contributed by atoms with van der Waals surface area (Å²) in [7, 11) is 0. The SMILES string of the molecule is Cc1ccc(NC(=O)C2CC2)cc1NC(=O)CC(C)C1CCNCC1.Cl. The van der Waals surface area contributed by atoms with Crippen LogP contribution in [-0.4, -0.2) is 24.9 Å². The summed E-state index contributed by atoms with van der Waals surface area (Å²) in [4.78, 5) is 24.4. The van der Waals surface area contributed by atoms with Crippen LogP contribution in [0.25, 0.3) is 0 Å². The van der Waals surface area contributed by atoms with Crippen LogP contribution in [0.3, 0.4) is 0 Å². The van der Waals surface area contributed by atoms with Crippen LogP contribution in [0.1, 0.15) is 44.6 Å². The molecule has 26 heavy (non-hydrogen) atoms. The van der Waals surface area contributed by atoms with Crippen molar-refractivity contribution in [2.75, 3.05) is 23.7 Å². The quantitative estimate of drug-likeness (QED) is 0.705. The van der Waals surface area contributed by atoms with Crippen LogP contribution >= 0.6 is 12.4 Å². The highest BCUT2D eigenvalue weighted by Crippen LogP contribution is 2.31. The maximum atomic E-state index is 12.5. The van der Waals surface area contributed by atoms with E-state index in [4.69, 9.17) is 0 Å². The molecule has 3 N–H and O–H groups in total. The van der Waals surface area contributed by atoms with Crippen LogP contribution in [0.5, 0.6) is 0 Å². The minimum absolute atomic E-state index is 0. The van der Waals surface area contributed by atoms with Crippen molar-refractivity contribution in [3.05, 3.63) is 23.8 Å². The molecule has 1 atom stereocenters. The zero-order valence-corrected chi connectivity index (χ0v) is 16.5. The van der Waals surface area contributed by atoms with Crippen LogP contribution in [0.2, 0.25) is 0 Å². The lowest BCUT2D eigenvalue weighted by Crippen LogP contribution is -2.32. The highest BCUT2D eigenvalue weighted by atomic mass is 35.5. The zero-order chi connectivity index (χ0) is 17.8. The predicted octanol–water partition coefficient (Wildman–Crippen LogP) is 3.73. The van der Waals surface area contributed by atoms with Gasteiger partial charge in [0, 0.05) is 23.7 Å². The van der Waals surface area contributed by atoms with E-state index in [9.17, 15) is 9.59 Å². The average Bonchev–Trinajstić information content (AvgIpc) is 3.43. The Morgan fingerprint density at radius 3 is 2.50 bits per heavy atom. The molecule has 3 rings (SSSR count). The van der Waals surface area contributed by atoms with Gasteiger partial charge < -0.3 is 16.0 Å². The lowest BCUT2D eigenvalue weighted by molar-refractivity contribution is -0.118. The summed E-state index contributed by atoms with van der Waals surface area (Å²) >= 11 is 0. The molecule has 0 radical (unpaired) electrons. The lowest BCUT2D eigenvalue weighted by Gasteiger charge is -2.28. The number of piperidine rings is 1. The molecule has 2 aliphatic rings. The Hall–Kier alpha value is -1.59. The van der Waals surface area contributed by atoms with E-state index in [1.165, 1.54) is 0 Å². The molecule has 144 valence electrons. The van der Waals surface area contributed by atoms with E-state index in [0.29, 0.717) is 18.3 Å². The third kappa shape index (κ3) is 5.71. The number of anilines is 2. The van der Waals surface area contributed by atoms with Gasteiger partial charge in [-0.3, -0.25) is 9.59 Å². The number of carbonyl (C=O) groups excluding carboxylic acids is 2. The highest BCUT2D eigenvalue weighted by molar-refractivity contribution is 5.96. The number of aryl methyl sites for hydroxylation is 1. The Bertz CT molecular complexity index is 640. The topological polar surface area (TPSA) is 70.2 Å². The number of halogens is 1. The number of carbonyl (C=O) groups is 2. The van der Waals surface area contributed by atoms with Crippen molar-refractivity contribution in [1.29, 1.82) is 0 Å². The molecular weight excluding hydrogens is 350 g/mol. The van der Waals surface area contributed by atoms with Gasteiger partial charge in [0.05, 0.1) is 0 Å². The molecule has 1 saturated heterocycles. The monoisotopic (exact) mass is 379 g/mol. The molecule has 1 unspecified atom stereocenters. The summed E-state index contributed by atoms with van der Waals surface area (Å²) in [5, 5.41) is 9.34. The molecule has 1 aliphatic heterocycles. The van der Waals surface area contributed by atoms with Crippen LogP contribution in [0.15, 0.2) is 18.2 Å². The Kier molecular flexibility index (Phi) is 7.47. The van der Waals surface area contributed by atoms with Crippen molar-refractivity contribution in [3.8, 4) is 0 Å². The van der Waals surface area contributed by atoms with E-state index >= 15 is 0 Å². The minimum atomic E-state index is 0. The highest BCUT2D eigenvalue weighted by Gasteiger charge is 2.29. The van der Waals surface area contributed by atoms with Crippen LogP contribution in [0, 0.1) is 24.7 Å². The summed E-state index contributed by atoms with van der Waals surface area (Å²) in [6, 6.07) is 5.69. The maximum absolute atomic E-state index is 12.5. The maximum Gasteiger partial charge on any atom is 0.227 e. The molecular formula is C20H30ClN3O2. The summed E-state index contributed by atoms with van der Waals surface area (Å²) in [6.45, 7) is 6.25. The van der Waals surface area contributed by atoms with Gasteiger partial charge in [0.1, 0.15) is 0 Å². The molecule has 2 fully saturated rings. The Morgan fingerprint density at radius 2 is 1.85 bits per heavy atom. The molecule has 5 nitrogen and oxygen atoms in total. The molecule has 1 heterocycles. The molecule has 0 spiro atoms. The molecule has 6 heteroatoms. The minimum Gasteiger partial charge on any atom is -0.326 e. The van der Waals surface area contributed by atoms with Gasteiger partial charge in [-0.15, -0.1) is 12.4 Å². The fourth-order valence-electron chi connectivity index (χ4n) is 3.50. The number of hydrogen-bond acceptors (Lipinski definition) is 3. The van der Waals surface area contributed by atoms with E-state index in [1.807, 2.05) is 25.1 Å². The molecule has 0 aromatic heterocycles. The van der Waals surface area contributed by atoms with Crippen molar-refractivity contribution in [1.82, 2.24) is 5.32 Å². The van der Waals surface area contributed by atoms with Gasteiger partial charge in [0.25, 0.3) is 0 Å². The molecule has 1 aliphatic carbocycles. The number of benzene rings is 1. The van der Waals surface area contributed by atoms with E-state index in [1.54, 1.807) is 0 Å². The fraction of sp³-hybridized carbons (Fsp3) is 0.600. The summed E-state index contributed by atoms with van der Waals surface area (Å²) < 4.78 is 0. The standard InChI is InChI=1S/C20H29N3O2.ClH/c1-13-3-6-17(22-20(25)16-4-5-16)12-18(13)23-19(24)11-14(2)15-7-9-21-10-8-15;/h3,6,12,14-16,21H,4-5,7-11H2,1-2H3,(H,22,25)(H,23,24);1H. The molecule has 1 aromatic carbocycles.